The van der Waals surface area contributed by atoms with Gasteiger partial charge in [0.15, 0.2) is 5.16 Å². The van der Waals surface area contributed by atoms with Crippen molar-refractivity contribution in [3.8, 4) is 5.69 Å². The van der Waals surface area contributed by atoms with Crippen molar-refractivity contribution in [1.29, 1.82) is 0 Å². The van der Waals surface area contributed by atoms with Gasteiger partial charge in [0.05, 0.1) is 16.6 Å². The molecule has 0 amide bonds. The van der Waals surface area contributed by atoms with Crippen molar-refractivity contribution in [3.63, 3.8) is 0 Å². The quantitative estimate of drug-likeness (QED) is 0.429. The highest BCUT2D eigenvalue weighted by Crippen LogP contribution is 2.24. The number of hydrogen-bond acceptors (Lipinski definition) is 4. The summed E-state index contributed by atoms with van der Waals surface area (Å²) in [5.74, 6) is 1.22. The van der Waals surface area contributed by atoms with Crippen LogP contribution < -0.4 is 5.56 Å². The second kappa shape index (κ2) is 8.53. The van der Waals surface area contributed by atoms with Crippen LogP contribution in [-0.2, 0) is 4.79 Å². The van der Waals surface area contributed by atoms with Crippen LogP contribution >= 0.6 is 11.8 Å². The van der Waals surface area contributed by atoms with Gasteiger partial charge in [0.1, 0.15) is 5.78 Å². The van der Waals surface area contributed by atoms with E-state index >= 15 is 0 Å². The van der Waals surface area contributed by atoms with E-state index in [1.54, 1.807) is 17.6 Å². The second-order valence-corrected chi connectivity index (χ2v) is 7.82. The summed E-state index contributed by atoms with van der Waals surface area (Å²) in [5.41, 5.74) is 2.66. The van der Waals surface area contributed by atoms with Gasteiger partial charge < -0.3 is 0 Å². The van der Waals surface area contributed by atoms with Gasteiger partial charge >= 0.3 is 0 Å². The molecule has 3 rings (SSSR count). The summed E-state index contributed by atoms with van der Waals surface area (Å²) >= 11 is 1.45. The second-order valence-electron chi connectivity index (χ2n) is 6.75. The third-order valence-corrected chi connectivity index (χ3v) is 5.70. The molecule has 5 heteroatoms. The van der Waals surface area contributed by atoms with E-state index in [9.17, 15) is 9.59 Å². The van der Waals surface area contributed by atoms with Crippen LogP contribution in [0.2, 0.25) is 0 Å². The Bertz CT molecular complexity index is 1010. The number of carbonyl (C=O) groups excluding carboxylic acids is 1. The minimum absolute atomic E-state index is 0.0813. The van der Waals surface area contributed by atoms with Crippen LogP contribution in [0.1, 0.15) is 45.1 Å². The van der Waals surface area contributed by atoms with E-state index in [0.29, 0.717) is 34.2 Å². The lowest BCUT2D eigenvalue weighted by Crippen LogP contribution is -2.22. The fourth-order valence-electron chi connectivity index (χ4n) is 2.91. The van der Waals surface area contributed by atoms with E-state index in [2.05, 4.69) is 26.0 Å². The van der Waals surface area contributed by atoms with E-state index in [4.69, 9.17) is 4.98 Å². The number of thioether (sulfide) groups is 1. The van der Waals surface area contributed by atoms with Gasteiger partial charge in [-0.15, -0.1) is 0 Å². The Morgan fingerprint density at radius 2 is 1.85 bits per heavy atom. The maximum absolute atomic E-state index is 13.2. The van der Waals surface area contributed by atoms with Gasteiger partial charge in [0.25, 0.3) is 5.56 Å². The van der Waals surface area contributed by atoms with E-state index in [-0.39, 0.29) is 11.3 Å². The molecule has 4 nitrogen and oxygen atoms in total. The molecule has 0 N–H and O–H groups in total. The Balaban J connectivity index is 2.09. The third-order valence-electron chi connectivity index (χ3n) is 4.76. The number of fused-ring (bicyclic) bond motifs is 1. The first-order valence-electron chi connectivity index (χ1n) is 9.25. The molecule has 1 atom stereocenters. The highest BCUT2D eigenvalue weighted by Gasteiger charge is 2.14. The number of ketones is 1. The maximum atomic E-state index is 13.2. The number of carbonyl (C=O) groups is 1. The average molecular weight is 381 g/mol. The van der Waals surface area contributed by atoms with Crippen LogP contribution in [0.5, 0.6) is 0 Å². The van der Waals surface area contributed by atoms with Crippen LogP contribution in [0.3, 0.4) is 0 Å². The van der Waals surface area contributed by atoms with E-state index in [0.717, 1.165) is 12.1 Å². The Morgan fingerprint density at radius 1 is 1.15 bits per heavy atom. The van der Waals surface area contributed by atoms with Crippen LogP contribution in [0, 0.1) is 0 Å². The monoisotopic (exact) mass is 380 g/mol. The van der Waals surface area contributed by atoms with Crippen molar-refractivity contribution in [3.05, 3.63) is 64.4 Å². The number of Topliss-reactive ketones (excluding diaryl/α,β-unsaturated/α-hetero) is 1. The smallest absolute Gasteiger partial charge is 0.266 e. The van der Waals surface area contributed by atoms with Gasteiger partial charge in [-0.05, 0) is 49.1 Å². The lowest BCUT2D eigenvalue weighted by Gasteiger charge is -2.15. The van der Waals surface area contributed by atoms with Gasteiger partial charge in [0.2, 0.25) is 0 Å². The van der Waals surface area contributed by atoms with Gasteiger partial charge in [-0.3, -0.25) is 14.2 Å². The van der Waals surface area contributed by atoms with Gasteiger partial charge in [-0.25, -0.2) is 4.98 Å². The molecule has 0 aliphatic heterocycles. The van der Waals surface area contributed by atoms with Crippen molar-refractivity contribution in [1.82, 2.24) is 9.55 Å². The zero-order chi connectivity index (χ0) is 19.4. The fraction of sp³-hybridized carbons (Fsp3) is 0.318. The SMILES string of the molecule is CC[C@H](C)c1ccc(-n2c(SCCC(C)=O)nc3ccccc3c2=O)cc1. The van der Waals surface area contributed by atoms with Crippen molar-refractivity contribution in [2.24, 2.45) is 0 Å². The summed E-state index contributed by atoms with van der Waals surface area (Å²) in [6.07, 6.45) is 1.53. The van der Waals surface area contributed by atoms with Crippen LogP contribution in [0.15, 0.2) is 58.5 Å². The lowest BCUT2D eigenvalue weighted by molar-refractivity contribution is -0.116. The zero-order valence-electron chi connectivity index (χ0n) is 15.9. The number of para-hydroxylation sites is 1. The topological polar surface area (TPSA) is 52.0 Å². The number of benzene rings is 2. The molecule has 0 bridgehead atoms. The fourth-order valence-corrected chi connectivity index (χ4v) is 3.96. The van der Waals surface area contributed by atoms with Gasteiger partial charge in [-0.1, -0.05) is 49.9 Å². The molecule has 0 saturated heterocycles. The Labute approximate surface area is 163 Å². The Kier molecular flexibility index (Phi) is 6.11. The number of nitrogens with zero attached hydrogens (tertiary/aromatic N) is 2. The van der Waals surface area contributed by atoms with E-state index in [1.165, 1.54) is 17.3 Å². The van der Waals surface area contributed by atoms with E-state index in [1.807, 2.05) is 30.3 Å². The average Bonchev–Trinajstić information content (AvgIpc) is 2.67. The highest BCUT2D eigenvalue weighted by atomic mass is 32.2. The third kappa shape index (κ3) is 4.30. The van der Waals surface area contributed by atoms with Crippen LogP contribution in [-0.4, -0.2) is 21.1 Å². The van der Waals surface area contributed by atoms with E-state index < -0.39 is 0 Å². The van der Waals surface area contributed by atoms with Crippen LogP contribution in [0.25, 0.3) is 16.6 Å². The molecular weight excluding hydrogens is 356 g/mol. The minimum Gasteiger partial charge on any atom is -0.300 e. The predicted molar refractivity (Wildman–Crippen MR) is 112 cm³/mol. The first kappa shape index (κ1) is 19.4. The summed E-state index contributed by atoms with van der Waals surface area (Å²) in [6, 6.07) is 15.5. The number of rotatable bonds is 7. The summed E-state index contributed by atoms with van der Waals surface area (Å²) in [4.78, 5) is 29.2. The van der Waals surface area contributed by atoms with Gasteiger partial charge in [-0.2, -0.15) is 0 Å². The number of aromatic nitrogens is 2. The molecule has 0 fully saturated rings. The summed E-state index contributed by atoms with van der Waals surface area (Å²) in [7, 11) is 0. The standard InChI is InChI=1S/C22H24N2O2S/c1-4-15(2)17-9-11-18(12-10-17)24-21(26)19-7-5-6-8-20(19)23-22(24)27-14-13-16(3)25/h5-12,15H,4,13-14H2,1-3H3/t15-/m0/s1. The lowest BCUT2D eigenvalue weighted by atomic mass is 9.98. The largest absolute Gasteiger partial charge is 0.300 e. The Hall–Kier alpha value is -2.40. The molecule has 27 heavy (non-hydrogen) atoms. The number of hydrogen-bond donors (Lipinski definition) is 0. The summed E-state index contributed by atoms with van der Waals surface area (Å²) in [6.45, 7) is 5.94. The maximum Gasteiger partial charge on any atom is 0.266 e. The molecule has 1 heterocycles. The molecule has 0 aliphatic rings. The van der Waals surface area contributed by atoms with Crippen LogP contribution in [0.4, 0.5) is 0 Å². The highest BCUT2D eigenvalue weighted by molar-refractivity contribution is 7.99. The predicted octanol–water partition coefficient (Wildman–Crippen LogP) is 4.97. The molecule has 2 aromatic carbocycles. The van der Waals surface area contributed by atoms with Crippen molar-refractivity contribution in [2.75, 3.05) is 5.75 Å². The molecular formula is C22H24N2O2S. The van der Waals surface area contributed by atoms with Crippen molar-refractivity contribution >= 4 is 28.4 Å². The summed E-state index contributed by atoms with van der Waals surface area (Å²) in [5, 5.41) is 1.22. The molecule has 0 saturated carbocycles. The first-order valence-corrected chi connectivity index (χ1v) is 10.2. The molecule has 3 aromatic rings. The minimum atomic E-state index is -0.0813. The molecule has 0 aliphatic carbocycles. The Morgan fingerprint density at radius 3 is 2.52 bits per heavy atom. The molecule has 140 valence electrons. The van der Waals surface area contributed by atoms with Crippen molar-refractivity contribution < 1.29 is 4.79 Å². The van der Waals surface area contributed by atoms with Gasteiger partial charge in [0, 0.05) is 12.2 Å². The molecule has 0 unspecified atom stereocenters. The first-order chi connectivity index (χ1) is 13.0. The molecule has 1 aromatic heterocycles. The van der Waals surface area contributed by atoms with Crippen molar-refractivity contribution in [2.45, 2.75) is 44.7 Å². The molecule has 0 radical (unpaired) electrons. The zero-order valence-corrected chi connectivity index (χ0v) is 16.8. The summed E-state index contributed by atoms with van der Waals surface area (Å²) < 4.78 is 1.66. The normalized spacial score (nSPS) is 12.3. The molecule has 0 spiro atoms.